The minimum atomic E-state index is -0.614. The topological polar surface area (TPSA) is 134 Å². The molecule has 2 fully saturated rings. The predicted molar refractivity (Wildman–Crippen MR) is 115 cm³/mol. The Morgan fingerprint density at radius 1 is 1.34 bits per heavy atom. The van der Waals surface area contributed by atoms with Gasteiger partial charge in [-0.25, -0.2) is 9.98 Å². The van der Waals surface area contributed by atoms with Crippen molar-refractivity contribution in [1.29, 1.82) is 0 Å². The van der Waals surface area contributed by atoms with Crippen LogP contribution in [0.2, 0.25) is 0 Å². The van der Waals surface area contributed by atoms with Crippen LogP contribution in [0.25, 0.3) is 0 Å². The second-order valence-corrected chi connectivity index (χ2v) is 9.18. The van der Waals surface area contributed by atoms with Crippen molar-refractivity contribution in [2.24, 2.45) is 34.2 Å². The molecule has 2 bridgehead atoms. The SMILES string of the molecule is C/C(N)=C/C(N)=Nc1cc(CO)nc(N(C)C2C(C)CC3CC2CC(C)(O)C3)n1. The van der Waals surface area contributed by atoms with Gasteiger partial charge in [-0.05, 0) is 63.4 Å². The molecule has 1 aromatic heterocycles. The second kappa shape index (κ2) is 8.28. The van der Waals surface area contributed by atoms with Gasteiger partial charge in [0.05, 0.1) is 17.9 Å². The van der Waals surface area contributed by atoms with E-state index in [9.17, 15) is 10.2 Å². The summed E-state index contributed by atoms with van der Waals surface area (Å²) in [5, 5.41) is 20.4. The molecule has 0 radical (unpaired) electrons. The molecule has 8 nitrogen and oxygen atoms in total. The predicted octanol–water partition coefficient (Wildman–Crippen LogP) is 1.83. The zero-order valence-electron chi connectivity index (χ0n) is 17.8. The third-order valence-corrected chi connectivity index (χ3v) is 6.14. The normalized spacial score (nSPS) is 32.9. The molecule has 5 atom stereocenters. The number of aromatic nitrogens is 2. The number of allylic oxidation sites excluding steroid dienone is 1. The molecule has 2 saturated carbocycles. The number of aliphatic hydroxyl groups excluding tert-OH is 1. The van der Waals surface area contributed by atoms with Gasteiger partial charge in [0.1, 0.15) is 5.84 Å². The summed E-state index contributed by atoms with van der Waals surface area (Å²) in [5.41, 5.74) is 12.0. The Morgan fingerprint density at radius 2 is 2.07 bits per heavy atom. The van der Waals surface area contributed by atoms with Gasteiger partial charge in [-0.2, -0.15) is 4.98 Å². The molecule has 6 N–H and O–H groups in total. The first-order valence-electron chi connectivity index (χ1n) is 10.3. The highest BCUT2D eigenvalue weighted by molar-refractivity contribution is 5.93. The molecule has 1 heterocycles. The minimum Gasteiger partial charge on any atom is -0.402 e. The Hall–Kier alpha value is -2.19. The highest BCUT2D eigenvalue weighted by Gasteiger charge is 2.46. The van der Waals surface area contributed by atoms with Gasteiger partial charge in [0.25, 0.3) is 0 Å². The van der Waals surface area contributed by atoms with Crippen LogP contribution in [0.5, 0.6) is 0 Å². The lowest BCUT2D eigenvalue weighted by Gasteiger charge is -2.51. The van der Waals surface area contributed by atoms with E-state index in [0.29, 0.717) is 40.9 Å². The molecular formula is C21H34N6O2. The van der Waals surface area contributed by atoms with Gasteiger partial charge in [0.15, 0.2) is 5.82 Å². The van der Waals surface area contributed by atoms with Crippen LogP contribution in [0.1, 0.15) is 52.1 Å². The first-order chi connectivity index (χ1) is 13.6. The van der Waals surface area contributed by atoms with E-state index in [4.69, 9.17) is 11.5 Å². The van der Waals surface area contributed by atoms with E-state index in [2.05, 4.69) is 26.8 Å². The lowest BCUT2D eigenvalue weighted by atomic mass is 9.61. The molecule has 160 valence electrons. The number of fused-ring (bicyclic) bond motifs is 2. The van der Waals surface area contributed by atoms with Crippen LogP contribution in [0.3, 0.4) is 0 Å². The average molecular weight is 403 g/mol. The monoisotopic (exact) mass is 402 g/mol. The Bertz CT molecular complexity index is 800. The quantitative estimate of drug-likeness (QED) is 0.436. The number of hydrogen-bond donors (Lipinski definition) is 4. The third-order valence-electron chi connectivity index (χ3n) is 6.14. The Morgan fingerprint density at radius 3 is 2.72 bits per heavy atom. The third kappa shape index (κ3) is 5.05. The summed E-state index contributed by atoms with van der Waals surface area (Å²) in [6, 6.07) is 1.84. The molecule has 0 aliphatic heterocycles. The van der Waals surface area contributed by atoms with Gasteiger partial charge in [-0.15, -0.1) is 0 Å². The van der Waals surface area contributed by atoms with Gasteiger partial charge in [-0.1, -0.05) is 6.92 Å². The van der Waals surface area contributed by atoms with Crippen molar-refractivity contribution >= 4 is 17.6 Å². The van der Waals surface area contributed by atoms with Gasteiger partial charge < -0.3 is 26.6 Å². The second-order valence-electron chi connectivity index (χ2n) is 9.18. The van der Waals surface area contributed by atoms with E-state index >= 15 is 0 Å². The molecule has 0 saturated heterocycles. The molecule has 29 heavy (non-hydrogen) atoms. The summed E-state index contributed by atoms with van der Waals surface area (Å²) in [6.07, 6.45) is 5.43. The van der Waals surface area contributed by atoms with Crippen LogP contribution >= 0.6 is 0 Å². The Labute approximate surface area is 172 Å². The van der Waals surface area contributed by atoms with E-state index in [1.54, 1.807) is 19.1 Å². The number of aliphatic hydroxyl groups is 2. The molecular weight excluding hydrogens is 368 g/mol. The van der Waals surface area contributed by atoms with Gasteiger partial charge in [-0.3, -0.25) is 0 Å². The molecule has 0 aromatic carbocycles. The van der Waals surface area contributed by atoms with Crippen molar-refractivity contribution < 1.29 is 10.2 Å². The van der Waals surface area contributed by atoms with Crippen molar-refractivity contribution in [1.82, 2.24) is 9.97 Å². The van der Waals surface area contributed by atoms with E-state index in [0.717, 1.165) is 25.7 Å². The van der Waals surface area contributed by atoms with Crippen molar-refractivity contribution in [2.45, 2.75) is 64.7 Å². The highest BCUT2D eigenvalue weighted by Crippen LogP contribution is 2.48. The number of nitrogens with zero attached hydrogens (tertiary/aromatic N) is 4. The zero-order valence-corrected chi connectivity index (χ0v) is 17.8. The largest absolute Gasteiger partial charge is 0.402 e. The average Bonchev–Trinajstić information content (AvgIpc) is 2.58. The molecule has 5 unspecified atom stereocenters. The zero-order chi connectivity index (χ0) is 21.3. The van der Waals surface area contributed by atoms with Gasteiger partial charge in [0, 0.05) is 24.9 Å². The van der Waals surface area contributed by atoms with Crippen molar-refractivity contribution in [3.05, 3.63) is 23.5 Å². The molecule has 2 aliphatic carbocycles. The van der Waals surface area contributed by atoms with Crippen LogP contribution in [0, 0.1) is 17.8 Å². The maximum Gasteiger partial charge on any atom is 0.227 e. The number of nitrogens with two attached hydrogens (primary N) is 2. The van der Waals surface area contributed by atoms with Gasteiger partial charge >= 0.3 is 0 Å². The molecule has 1 aromatic rings. The Kier molecular flexibility index (Phi) is 6.14. The van der Waals surface area contributed by atoms with E-state index in [1.807, 2.05) is 14.0 Å². The Balaban J connectivity index is 1.92. The van der Waals surface area contributed by atoms with Crippen molar-refractivity contribution in [2.75, 3.05) is 11.9 Å². The fourth-order valence-corrected chi connectivity index (χ4v) is 5.43. The van der Waals surface area contributed by atoms with Crippen molar-refractivity contribution in [3.8, 4) is 0 Å². The molecule has 0 spiro atoms. The molecule has 2 aliphatic rings. The van der Waals surface area contributed by atoms with E-state index in [1.165, 1.54) is 0 Å². The van der Waals surface area contributed by atoms with E-state index < -0.39 is 5.60 Å². The van der Waals surface area contributed by atoms with Crippen LogP contribution in [-0.2, 0) is 6.61 Å². The van der Waals surface area contributed by atoms with Crippen LogP contribution in [0.15, 0.2) is 22.8 Å². The molecule has 8 heteroatoms. The number of rotatable bonds is 5. The number of anilines is 1. The number of aliphatic imine (C=N–C) groups is 1. The summed E-state index contributed by atoms with van der Waals surface area (Å²) in [6.45, 7) is 5.74. The fourth-order valence-electron chi connectivity index (χ4n) is 5.43. The number of amidine groups is 1. The summed E-state index contributed by atoms with van der Waals surface area (Å²) in [5.74, 6) is 2.55. The summed E-state index contributed by atoms with van der Waals surface area (Å²) in [4.78, 5) is 15.5. The first-order valence-corrected chi connectivity index (χ1v) is 10.3. The van der Waals surface area contributed by atoms with E-state index in [-0.39, 0.29) is 18.5 Å². The summed E-state index contributed by atoms with van der Waals surface area (Å²) >= 11 is 0. The smallest absolute Gasteiger partial charge is 0.227 e. The van der Waals surface area contributed by atoms with Crippen molar-refractivity contribution in [3.63, 3.8) is 0 Å². The lowest BCUT2D eigenvalue weighted by Crippen LogP contribution is -2.53. The summed E-state index contributed by atoms with van der Waals surface area (Å²) < 4.78 is 0. The standard InChI is InChI=1S/C21H34N6O2/c1-12-5-14-7-15(10-21(3,29)9-14)19(12)27(4)20-24-16(11-28)8-18(26-20)25-17(23)6-13(2)22/h6,8,12,14-15,19,28-29H,5,7,9-11,22H2,1-4H3,(H2,23,24,25,26)/b13-6-. The number of hydrogen-bond acceptors (Lipinski definition) is 7. The first kappa shape index (κ1) is 21.5. The van der Waals surface area contributed by atoms with Crippen LogP contribution in [-0.4, -0.2) is 44.7 Å². The molecule has 0 amide bonds. The summed E-state index contributed by atoms with van der Waals surface area (Å²) in [7, 11) is 1.99. The van der Waals surface area contributed by atoms with Crippen LogP contribution in [0.4, 0.5) is 11.8 Å². The maximum atomic E-state index is 10.7. The highest BCUT2D eigenvalue weighted by atomic mass is 16.3. The maximum absolute atomic E-state index is 10.7. The van der Waals surface area contributed by atoms with Gasteiger partial charge in [0.2, 0.25) is 5.95 Å². The van der Waals surface area contributed by atoms with Crippen LogP contribution < -0.4 is 16.4 Å². The molecule has 3 rings (SSSR count). The lowest BCUT2D eigenvalue weighted by molar-refractivity contribution is -0.0534. The fraction of sp³-hybridized carbons (Fsp3) is 0.667. The minimum absolute atomic E-state index is 0.210.